The van der Waals surface area contributed by atoms with Crippen LogP contribution in [0.2, 0.25) is 5.02 Å². The topological polar surface area (TPSA) is 64.0 Å². The summed E-state index contributed by atoms with van der Waals surface area (Å²) in [5, 5.41) is 3.56. The zero-order valence-corrected chi connectivity index (χ0v) is 16.2. The molecule has 1 N–H and O–H groups in total. The largest absolute Gasteiger partial charge is 0.346 e. The number of hydrogen-bond donors (Lipinski definition) is 1. The molecule has 1 atom stereocenters. The van der Waals surface area contributed by atoms with Gasteiger partial charge in [-0.15, -0.1) is 0 Å². The number of aromatic nitrogens is 2. The van der Waals surface area contributed by atoms with Crippen LogP contribution in [0.25, 0.3) is 11.0 Å². The number of para-hydroxylation sites is 2. The van der Waals surface area contributed by atoms with Crippen molar-refractivity contribution < 1.29 is 9.59 Å². The Morgan fingerprint density at radius 1 is 1.15 bits per heavy atom. The summed E-state index contributed by atoms with van der Waals surface area (Å²) in [7, 11) is 0. The van der Waals surface area contributed by atoms with Gasteiger partial charge in [0.2, 0.25) is 5.91 Å². The fraction of sp³-hybridized carbons (Fsp3) is 0.286. The molecular weight excluding hydrogens is 362 g/mol. The van der Waals surface area contributed by atoms with Gasteiger partial charge in [-0.1, -0.05) is 30.7 Å². The average molecular weight is 384 g/mol. The summed E-state index contributed by atoms with van der Waals surface area (Å²) in [5.74, 6) is 0.610. The lowest BCUT2D eigenvalue weighted by Gasteiger charge is -2.16. The van der Waals surface area contributed by atoms with Crippen molar-refractivity contribution >= 4 is 34.3 Å². The van der Waals surface area contributed by atoms with Gasteiger partial charge in [0.1, 0.15) is 5.82 Å². The summed E-state index contributed by atoms with van der Waals surface area (Å²) in [4.78, 5) is 29.5. The van der Waals surface area contributed by atoms with Crippen LogP contribution in [-0.4, -0.2) is 21.2 Å². The van der Waals surface area contributed by atoms with Crippen LogP contribution < -0.4 is 5.32 Å². The number of rotatable bonds is 7. The number of amides is 1. The second kappa shape index (κ2) is 8.35. The maximum Gasteiger partial charge on any atom is 0.220 e. The van der Waals surface area contributed by atoms with Crippen LogP contribution >= 0.6 is 11.6 Å². The molecule has 3 aromatic rings. The van der Waals surface area contributed by atoms with Gasteiger partial charge in [-0.3, -0.25) is 9.59 Å². The molecule has 0 bridgehead atoms. The minimum atomic E-state index is -0.297. The summed E-state index contributed by atoms with van der Waals surface area (Å²) in [6.07, 6.45) is 1.25. The van der Waals surface area contributed by atoms with E-state index in [1.807, 2.05) is 42.7 Å². The molecule has 140 valence electrons. The van der Waals surface area contributed by atoms with Crippen LogP contribution in [0, 0.1) is 0 Å². The highest BCUT2D eigenvalue weighted by molar-refractivity contribution is 6.30. The van der Waals surface area contributed by atoms with E-state index in [1.165, 1.54) is 0 Å². The van der Waals surface area contributed by atoms with Crippen molar-refractivity contribution in [2.24, 2.45) is 0 Å². The number of Topliss-reactive ketones (excluding diaryl/α,β-unsaturated/α-hetero) is 1. The third-order valence-electron chi connectivity index (χ3n) is 4.39. The van der Waals surface area contributed by atoms with Crippen molar-refractivity contribution in [2.75, 3.05) is 0 Å². The smallest absolute Gasteiger partial charge is 0.220 e. The summed E-state index contributed by atoms with van der Waals surface area (Å²) < 4.78 is 1.88. The molecule has 1 unspecified atom stereocenters. The van der Waals surface area contributed by atoms with Gasteiger partial charge in [0.05, 0.1) is 23.6 Å². The Kier molecular flexibility index (Phi) is 5.91. The van der Waals surface area contributed by atoms with E-state index in [2.05, 4.69) is 10.3 Å². The second-order valence-electron chi connectivity index (χ2n) is 6.51. The number of carbonyl (C=O) groups is 2. The first kappa shape index (κ1) is 19.1. The van der Waals surface area contributed by atoms with E-state index in [0.717, 1.165) is 17.5 Å². The summed E-state index contributed by atoms with van der Waals surface area (Å²) in [5.41, 5.74) is 2.25. The molecule has 1 aromatic heterocycles. The highest BCUT2D eigenvalue weighted by Crippen LogP contribution is 2.22. The standard InChI is InChI=1S/C21H22ClN3O2/c1-3-6-20(27)23-14(2)21-24-17-7-4-5-8-18(17)25(21)13-19(26)15-9-11-16(22)12-10-15/h4-5,7-12,14H,3,6,13H2,1-2H3,(H,23,27). The van der Waals surface area contributed by atoms with E-state index in [1.54, 1.807) is 24.3 Å². The molecule has 0 fully saturated rings. The quantitative estimate of drug-likeness (QED) is 0.609. The van der Waals surface area contributed by atoms with Crippen molar-refractivity contribution in [2.45, 2.75) is 39.3 Å². The second-order valence-corrected chi connectivity index (χ2v) is 6.95. The number of halogens is 1. The molecule has 0 aliphatic rings. The van der Waals surface area contributed by atoms with Gasteiger partial charge in [-0.05, 0) is 49.7 Å². The van der Waals surface area contributed by atoms with Crippen molar-refractivity contribution in [3.63, 3.8) is 0 Å². The maximum absolute atomic E-state index is 12.8. The van der Waals surface area contributed by atoms with Gasteiger partial charge >= 0.3 is 0 Å². The van der Waals surface area contributed by atoms with Crippen molar-refractivity contribution in [1.82, 2.24) is 14.9 Å². The van der Waals surface area contributed by atoms with Crippen LogP contribution in [0.4, 0.5) is 0 Å². The first-order valence-corrected chi connectivity index (χ1v) is 9.40. The van der Waals surface area contributed by atoms with Crippen molar-refractivity contribution in [3.8, 4) is 0 Å². The van der Waals surface area contributed by atoms with Crippen molar-refractivity contribution in [3.05, 3.63) is 64.9 Å². The summed E-state index contributed by atoms with van der Waals surface area (Å²) in [6.45, 7) is 3.99. The molecule has 1 amide bonds. The first-order chi connectivity index (χ1) is 13.0. The minimum Gasteiger partial charge on any atom is -0.346 e. The van der Waals surface area contributed by atoms with Crippen LogP contribution in [0.1, 0.15) is 48.9 Å². The Morgan fingerprint density at radius 2 is 1.85 bits per heavy atom. The van der Waals surface area contributed by atoms with Crippen LogP contribution in [0.3, 0.4) is 0 Å². The molecule has 0 saturated carbocycles. The average Bonchev–Trinajstić information content (AvgIpc) is 3.01. The highest BCUT2D eigenvalue weighted by Gasteiger charge is 2.20. The molecule has 0 aliphatic carbocycles. The molecule has 27 heavy (non-hydrogen) atoms. The number of nitrogens with zero attached hydrogens (tertiary/aromatic N) is 2. The number of ketones is 1. The normalized spacial score (nSPS) is 12.1. The molecule has 0 spiro atoms. The van der Waals surface area contributed by atoms with Gasteiger partial charge in [0, 0.05) is 17.0 Å². The monoisotopic (exact) mass is 383 g/mol. The van der Waals surface area contributed by atoms with Crippen molar-refractivity contribution in [1.29, 1.82) is 0 Å². The fourth-order valence-electron chi connectivity index (χ4n) is 3.07. The molecule has 6 heteroatoms. The van der Waals surface area contributed by atoms with E-state index in [-0.39, 0.29) is 24.3 Å². The third kappa shape index (κ3) is 4.37. The molecule has 3 rings (SSSR count). The number of benzene rings is 2. The Hall–Kier alpha value is -2.66. The SMILES string of the molecule is CCCC(=O)NC(C)c1nc2ccccc2n1CC(=O)c1ccc(Cl)cc1. The Morgan fingerprint density at radius 3 is 2.56 bits per heavy atom. The maximum atomic E-state index is 12.8. The number of nitrogens with one attached hydrogen (secondary N) is 1. The van der Waals surface area contributed by atoms with E-state index in [4.69, 9.17) is 11.6 Å². The van der Waals surface area contributed by atoms with E-state index >= 15 is 0 Å². The lowest BCUT2D eigenvalue weighted by molar-refractivity contribution is -0.121. The van der Waals surface area contributed by atoms with Crippen LogP contribution in [0.15, 0.2) is 48.5 Å². The number of fused-ring (bicyclic) bond motifs is 1. The van der Waals surface area contributed by atoms with Crippen LogP contribution in [0.5, 0.6) is 0 Å². The van der Waals surface area contributed by atoms with E-state index in [0.29, 0.717) is 22.8 Å². The molecular formula is C21H22ClN3O2. The zero-order chi connectivity index (χ0) is 19.4. The first-order valence-electron chi connectivity index (χ1n) is 9.03. The molecule has 1 heterocycles. The predicted octanol–water partition coefficient (Wildman–Crippen LogP) is 4.55. The Bertz CT molecular complexity index is 963. The van der Waals surface area contributed by atoms with Gasteiger partial charge < -0.3 is 9.88 Å². The molecule has 0 radical (unpaired) electrons. The predicted molar refractivity (Wildman–Crippen MR) is 107 cm³/mol. The highest BCUT2D eigenvalue weighted by atomic mass is 35.5. The molecule has 0 saturated heterocycles. The van der Waals surface area contributed by atoms with Gasteiger partial charge in [0.15, 0.2) is 5.78 Å². The van der Waals surface area contributed by atoms with E-state index in [9.17, 15) is 9.59 Å². The summed E-state index contributed by atoms with van der Waals surface area (Å²) >= 11 is 5.91. The van der Waals surface area contributed by atoms with E-state index < -0.39 is 0 Å². The lowest BCUT2D eigenvalue weighted by Crippen LogP contribution is -2.29. The summed E-state index contributed by atoms with van der Waals surface area (Å²) in [6, 6.07) is 14.2. The number of imidazole rings is 1. The van der Waals surface area contributed by atoms with Gasteiger partial charge in [-0.25, -0.2) is 4.98 Å². The number of hydrogen-bond acceptors (Lipinski definition) is 3. The Labute approximate surface area is 163 Å². The lowest BCUT2D eigenvalue weighted by atomic mass is 10.1. The number of carbonyl (C=O) groups excluding carboxylic acids is 2. The minimum absolute atomic E-state index is 0.0207. The van der Waals surface area contributed by atoms with Crippen LogP contribution in [-0.2, 0) is 11.3 Å². The Balaban J connectivity index is 1.93. The third-order valence-corrected chi connectivity index (χ3v) is 4.65. The molecule has 0 aliphatic heterocycles. The molecule has 2 aromatic carbocycles. The fourth-order valence-corrected chi connectivity index (χ4v) is 3.19. The zero-order valence-electron chi connectivity index (χ0n) is 15.4. The van der Waals surface area contributed by atoms with Gasteiger partial charge in [-0.2, -0.15) is 0 Å². The molecule has 5 nitrogen and oxygen atoms in total. The van der Waals surface area contributed by atoms with Gasteiger partial charge in [0.25, 0.3) is 0 Å².